The standard InChI is InChI=1S/C17H21F6O3S/c1-24-12-26-15(16(18,19)20,17(21,22)23)11-25-13-5-7-14(8-6-13)27-9-3-2-4-10-27/h5-8H,2-4,9-12H2,1H3/q+1. The van der Waals surface area contributed by atoms with Crippen molar-refractivity contribution in [3.8, 4) is 5.75 Å². The molecule has 1 aromatic carbocycles. The lowest BCUT2D eigenvalue weighted by atomic mass is 10.0. The number of alkyl halides is 6. The van der Waals surface area contributed by atoms with E-state index < -0.39 is 31.4 Å². The number of hydrogen-bond acceptors (Lipinski definition) is 3. The van der Waals surface area contributed by atoms with E-state index >= 15 is 0 Å². The van der Waals surface area contributed by atoms with Gasteiger partial charge in [-0.1, -0.05) is 0 Å². The predicted octanol–water partition coefficient (Wildman–Crippen LogP) is 4.71. The molecule has 2 rings (SSSR count). The summed E-state index contributed by atoms with van der Waals surface area (Å²) in [6.07, 6.45) is -8.03. The van der Waals surface area contributed by atoms with Gasteiger partial charge in [0.1, 0.15) is 30.7 Å². The molecule has 0 bridgehead atoms. The van der Waals surface area contributed by atoms with Gasteiger partial charge in [-0.3, -0.25) is 0 Å². The van der Waals surface area contributed by atoms with Crippen molar-refractivity contribution in [2.45, 2.75) is 42.1 Å². The van der Waals surface area contributed by atoms with Crippen molar-refractivity contribution in [3.63, 3.8) is 0 Å². The molecule has 1 aromatic rings. The summed E-state index contributed by atoms with van der Waals surface area (Å²) in [6, 6.07) is 6.18. The first-order chi connectivity index (χ1) is 12.6. The highest BCUT2D eigenvalue weighted by atomic mass is 32.2. The molecule has 0 N–H and O–H groups in total. The third-order valence-corrected chi connectivity index (χ3v) is 6.72. The van der Waals surface area contributed by atoms with Crippen molar-refractivity contribution in [1.82, 2.24) is 0 Å². The fourth-order valence-corrected chi connectivity index (χ4v) is 4.97. The summed E-state index contributed by atoms with van der Waals surface area (Å²) in [5.41, 5.74) is -4.47. The van der Waals surface area contributed by atoms with Crippen molar-refractivity contribution in [2.24, 2.45) is 0 Å². The number of rotatable bonds is 7. The maximum atomic E-state index is 13.2. The third kappa shape index (κ3) is 5.23. The largest absolute Gasteiger partial charge is 0.490 e. The zero-order valence-electron chi connectivity index (χ0n) is 14.7. The fourth-order valence-electron chi connectivity index (χ4n) is 2.67. The van der Waals surface area contributed by atoms with Gasteiger partial charge >= 0.3 is 12.4 Å². The molecule has 27 heavy (non-hydrogen) atoms. The number of ether oxygens (including phenoxy) is 3. The first-order valence-electron chi connectivity index (χ1n) is 8.27. The van der Waals surface area contributed by atoms with Crippen LogP contribution < -0.4 is 4.74 Å². The van der Waals surface area contributed by atoms with E-state index in [9.17, 15) is 26.3 Å². The smallest absolute Gasteiger partial charge is 0.430 e. The Morgan fingerprint density at radius 3 is 1.93 bits per heavy atom. The highest BCUT2D eigenvalue weighted by Crippen LogP contribution is 2.46. The van der Waals surface area contributed by atoms with Crippen LogP contribution >= 0.6 is 0 Å². The lowest BCUT2D eigenvalue weighted by Crippen LogP contribution is -2.62. The van der Waals surface area contributed by atoms with Gasteiger partial charge in [-0.2, -0.15) is 26.3 Å². The quantitative estimate of drug-likeness (QED) is 0.364. The van der Waals surface area contributed by atoms with Crippen LogP contribution in [-0.2, 0) is 20.4 Å². The maximum Gasteiger partial charge on any atom is 0.430 e. The molecule has 1 heterocycles. The lowest BCUT2D eigenvalue weighted by Gasteiger charge is -2.36. The van der Waals surface area contributed by atoms with Gasteiger partial charge in [-0.05, 0) is 43.5 Å². The van der Waals surface area contributed by atoms with Crippen LogP contribution in [0.1, 0.15) is 19.3 Å². The fraction of sp³-hybridized carbons (Fsp3) is 0.647. The molecule has 0 amide bonds. The van der Waals surface area contributed by atoms with Crippen LogP contribution in [0.15, 0.2) is 29.2 Å². The van der Waals surface area contributed by atoms with Gasteiger partial charge in [-0.25, -0.2) is 0 Å². The van der Waals surface area contributed by atoms with E-state index in [1.807, 2.05) is 0 Å². The first kappa shape index (κ1) is 22.2. The van der Waals surface area contributed by atoms with Gasteiger partial charge in [0, 0.05) is 18.0 Å². The monoisotopic (exact) mass is 419 g/mol. The Kier molecular flexibility index (Phi) is 7.32. The molecule has 10 heteroatoms. The molecular weight excluding hydrogens is 398 g/mol. The summed E-state index contributed by atoms with van der Waals surface area (Å²) in [6.45, 7) is -2.93. The summed E-state index contributed by atoms with van der Waals surface area (Å²) in [5, 5.41) is 0. The zero-order valence-corrected chi connectivity index (χ0v) is 15.5. The van der Waals surface area contributed by atoms with Crippen molar-refractivity contribution in [2.75, 3.05) is 32.0 Å². The second-order valence-electron chi connectivity index (χ2n) is 6.10. The number of hydrogen-bond donors (Lipinski definition) is 0. The Hall–Kier alpha value is -1.13. The van der Waals surface area contributed by atoms with Crippen molar-refractivity contribution >= 4 is 10.9 Å². The molecule has 3 nitrogen and oxygen atoms in total. The molecule has 154 valence electrons. The van der Waals surface area contributed by atoms with Crippen LogP contribution in [0.3, 0.4) is 0 Å². The van der Waals surface area contributed by atoms with Crippen LogP contribution in [0.25, 0.3) is 0 Å². The van der Waals surface area contributed by atoms with Gasteiger partial charge in [-0.15, -0.1) is 0 Å². The van der Waals surface area contributed by atoms with Crippen LogP contribution in [0.2, 0.25) is 0 Å². The average Bonchev–Trinajstić information content (AvgIpc) is 2.61. The maximum absolute atomic E-state index is 13.2. The van der Waals surface area contributed by atoms with E-state index in [4.69, 9.17) is 4.74 Å². The highest BCUT2D eigenvalue weighted by Gasteiger charge is 2.73. The summed E-state index contributed by atoms with van der Waals surface area (Å²) in [5.74, 6) is 2.02. The molecule has 0 unspecified atom stereocenters. The minimum atomic E-state index is -5.73. The van der Waals surface area contributed by atoms with Crippen molar-refractivity contribution < 1.29 is 40.6 Å². The van der Waals surface area contributed by atoms with E-state index in [1.165, 1.54) is 18.6 Å². The van der Waals surface area contributed by atoms with E-state index in [-0.39, 0.29) is 16.6 Å². The second kappa shape index (κ2) is 8.91. The van der Waals surface area contributed by atoms with E-state index in [0.29, 0.717) is 0 Å². The van der Waals surface area contributed by atoms with Gasteiger partial charge < -0.3 is 14.2 Å². The number of benzene rings is 1. The third-order valence-electron chi connectivity index (χ3n) is 4.22. The van der Waals surface area contributed by atoms with Gasteiger partial charge in [0.2, 0.25) is 0 Å². The van der Waals surface area contributed by atoms with E-state index in [1.54, 1.807) is 12.1 Å². The molecule has 1 aliphatic heterocycles. The van der Waals surface area contributed by atoms with Crippen LogP contribution in [0, 0.1) is 0 Å². The number of halogens is 6. The molecule has 0 aromatic heterocycles. The Balaban J connectivity index is 2.13. The topological polar surface area (TPSA) is 27.7 Å². The minimum Gasteiger partial charge on any atom is -0.490 e. The Bertz CT molecular complexity index is 568. The van der Waals surface area contributed by atoms with Crippen LogP contribution in [0.4, 0.5) is 26.3 Å². The van der Waals surface area contributed by atoms with Crippen molar-refractivity contribution in [1.29, 1.82) is 0 Å². The Morgan fingerprint density at radius 2 is 1.44 bits per heavy atom. The SMILES string of the molecule is COCOC(COc1ccc([S+]2CCCCC2)cc1)(C(F)(F)F)C(F)(F)F. The molecule has 0 spiro atoms. The summed E-state index contributed by atoms with van der Waals surface area (Å²) in [4.78, 5) is 1.04. The van der Waals surface area contributed by atoms with E-state index in [2.05, 4.69) is 9.47 Å². The summed E-state index contributed by atoms with van der Waals surface area (Å²) in [7, 11) is 1.01. The molecule has 0 radical (unpaired) electrons. The van der Waals surface area contributed by atoms with Gasteiger partial charge in [0.25, 0.3) is 5.60 Å². The van der Waals surface area contributed by atoms with Gasteiger partial charge in [0.15, 0.2) is 4.90 Å². The van der Waals surface area contributed by atoms with Crippen LogP contribution in [-0.4, -0.2) is 50.0 Å². The number of methoxy groups -OCH3 is 1. The molecule has 0 atom stereocenters. The summed E-state index contributed by atoms with van der Waals surface area (Å²) < 4.78 is 92.5. The second-order valence-corrected chi connectivity index (χ2v) is 8.37. The lowest BCUT2D eigenvalue weighted by molar-refractivity contribution is -0.397. The first-order valence-corrected chi connectivity index (χ1v) is 9.84. The predicted molar refractivity (Wildman–Crippen MR) is 89.0 cm³/mol. The van der Waals surface area contributed by atoms with Crippen molar-refractivity contribution in [3.05, 3.63) is 24.3 Å². The molecule has 0 saturated carbocycles. The zero-order chi connectivity index (χ0) is 20.1. The molecule has 1 aliphatic rings. The highest BCUT2D eigenvalue weighted by molar-refractivity contribution is 7.96. The minimum absolute atomic E-state index is 0.0734. The molecule has 1 fully saturated rings. The molecular formula is C17H21F6O3S+. The molecule has 0 aliphatic carbocycles. The average molecular weight is 419 g/mol. The molecule has 1 saturated heterocycles. The summed E-state index contributed by atoms with van der Waals surface area (Å²) >= 11 is 0. The Morgan fingerprint density at radius 1 is 0.889 bits per heavy atom. The van der Waals surface area contributed by atoms with E-state index in [0.717, 1.165) is 36.4 Å². The normalized spacial score (nSPS) is 17.1. The van der Waals surface area contributed by atoms with Crippen LogP contribution in [0.5, 0.6) is 5.75 Å². The van der Waals surface area contributed by atoms with Gasteiger partial charge in [0.05, 0.1) is 0 Å². The Labute approximate surface area is 156 Å².